The molecule has 1 aromatic rings. The minimum absolute atomic E-state index is 0.0627. The van der Waals surface area contributed by atoms with E-state index >= 15 is 0 Å². The molecule has 1 amide bonds. The predicted molar refractivity (Wildman–Crippen MR) is 74.0 cm³/mol. The minimum atomic E-state index is 0.0627. The third-order valence-corrected chi connectivity index (χ3v) is 3.90. The van der Waals surface area contributed by atoms with E-state index in [4.69, 9.17) is 10.5 Å². The molecule has 1 aliphatic heterocycles. The van der Waals surface area contributed by atoms with Crippen LogP contribution < -0.4 is 5.73 Å². The molecule has 1 aromatic heterocycles. The Hall–Kier alpha value is -1.07. The van der Waals surface area contributed by atoms with Gasteiger partial charge in [-0.3, -0.25) is 4.79 Å². The van der Waals surface area contributed by atoms with Crippen LogP contribution in [0.3, 0.4) is 0 Å². The highest BCUT2D eigenvalue weighted by Crippen LogP contribution is 2.28. The van der Waals surface area contributed by atoms with Crippen LogP contribution in [0.2, 0.25) is 0 Å². The summed E-state index contributed by atoms with van der Waals surface area (Å²) in [6.45, 7) is 6.86. The lowest BCUT2D eigenvalue weighted by atomic mass is 10.0. The topological polar surface area (TPSA) is 55.6 Å². The Labute approximate surface area is 112 Å². The van der Waals surface area contributed by atoms with Gasteiger partial charge in [-0.1, -0.05) is 13.8 Å². The number of rotatable bonds is 3. The van der Waals surface area contributed by atoms with Gasteiger partial charge in [0, 0.05) is 13.1 Å². The van der Waals surface area contributed by atoms with E-state index < -0.39 is 0 Å². The van der Waals surface area contributed by atoms with Crippen LogP contribution in [0, 0.1) is 5.92 Å². The second-order valence-electron chi connectivity index (χ2n) is 5.00. The molecule has 0 aromatic carbocycles. The number of carbonyl (C=O) groups excluding carboxylic acids is 1. The van der Waals surface area contributed by atoms with E-state index in [0.717, 1.165) is 17.5 Å². The standard InChI is InChI=1S/C13H20N2O2S/c1-9(2)7-10-8-18-12(14)11(10)13(16)15-3-5-17-6-4-15/h8-9H,3-7,14H2,1-2H3. The number of ether oxygens (including phenoxy) is 1. The lowest BCUT2D eigenvalue weighted by Crippen LogP contribution is -2.41. The van der Waals surface area contributed by atoms with Crippen LogP contribution in [0.15, 0.2) is 5.38 Å². The van der Waals surface area contributed by atoms with Crippen molar-refractivity contribution in [2.45, 2.75) is 20.3 Å². The summed E-state index contributed by atoms with van der Waals surface area (Å²) < 4.78 is 5.27. The lowest BCUT2D eigenvalue weighted by Gasteiger charge is -2.27. The zero-order chi connectivity index (χ0) is 13.1. The van der Waals surface area contributed by atoms with Gasteiger partial charge >= 0.3 is 0 Å². The van der Waals surface area contributed by atoms with Crippen LogP contribution in [-0.4, -0.2) is 37.1 Å². The number of anilines is 1. The second kappa shape index (κ2) is 5.71. The smallest absolute Gasteiger partial charge is 0.257 e. The molecule has 18 heavy (non-hydrogen) atoms. The summed E-state index contributed by atoms with van der Waals surface area (Å²) in [6.07, 6.45) is 0.902. The van der Waals surface area contributed by atoms with E-state index in [1.165, 1.54) is 11.3 Å². The van der Waals surface area contributed by atoms with Gasteiger partial charge in [0.2, 0.25) is 0 Å². The van der Waals surface area contributed by atoms with Crippen molar-refractivity contribution in [3.05, 3.63) is 16.5 Å². The highest BCUT2D eigenvalue weighted by atomic mass is 32.1. The van der Waals surface area contributed by atoms with Crippen molar-refractivity contribution in [3.63, 3.8) is 0 Å². The third-order valence-electron chi connectivity index (χ3n) is 3.04. The van der Waals surface area contributed by atoms with Crippen LogP contribution >= 0.6 is 11.3 Å². The Kier molecular flexibility index (Phi) is 4.24. The molecule has 1 saturated heterocycles. The van der Waals surface area contributed by atoms with Crippen molar-refractivity contribution in [2.24, 2.45) is 5.92 Å². The average molecular weight is 268 g/mol. The fourth-order valence-electron chi connectivity index (χ4n) is 2.17. The van der Waals surface area contributed by atoms with Crippen molar-refractivity contribution < 1.29 is 9.53 Å². The molecule has 0 aliphatic carbocycles. The van der Waals surface area contributed by atoms with Gasteiger partial charge in [0.25, 0.3) is 5.91 Å². The van der Waals surface area contributed by atoms with Gasteiger partial charge in [0.15, 0.2) is 0 Å². The van der Waals surface area contributed by atoms with Crippen LogP contribution in [-0.2, 0) is 11.2 Å². The van der Waals surface area contributed by atoms with E-state index in [1.54, 1.807) is 0 Å². The van der Waals surface area contributed by atoms with Crippen molar-refractivity contribution in [3.8, 4) is 0 Å². The quantitative estimate of drug-likeness (QED) is 0.912. The maximum atomic E-state index is 12.5. The molecule has 2 heterocycles. The van der Waals surface area contributed by atoms with Gasteiger partial charge in [0.1, 0.15) is 0 Å². The molecular formula is C13H20N2O2S. The van der Waals surface area contributed by atoms with Crippen LogP contribution in [0.4, 0.5) is 5.00 Å². The molecule has 0 unspecified atom stereocenters. The average Bonchev–Trinajstić information content (AvgIpc) is 2.70. The Morgan fingerprint density at radius 2 is 2.17 bits per heavy atom. The summed E-state index contributed by atoms with van der Waals surface area (Å²) in [5.74, 6) is 0.586. The van der Waals surface area contributed by atoms with Crippen LogP contribution in [0.1, 0.15) is 29.8 Å². The number of nitrogens with zero attached hydrogens (tertiary/aromatic N) is 1. The normalized spacial score (nSPS) is 16.3. The van der Waals surface area contributed by atoms with Crippen molar-refractivity contribution in [1.29, 1.82) is 0 Å². The molecular weight excluding hydrogens is 248 g/mol. The molecule has 2 rings (SSSR count). The summed E-state index contributed by atoms with van der Waals surface area (Å²) in [6, 6.07) is 0. The summed E-state index contributed by atoms with van der Waals surface area (Å²) in [5.41, 5.74) is 7.77. The summed E-state index contributed by atoms with van der Waals surface area (Å²) in [5, 5.41) is 2.66. The Bertz CT molecular complexity index is 423. The van der Waals surface area contributed by atoms with Gasteiger partial charge in [-0.2, -0.15) is 0 Å². The molecule has 4 nitrogen and oxygen atoms in total. The Balaban J connectivity index is 2.20. The molecule has 1 fully saturated rings. The van der Waals surface area contributed by atoms with Gasteiger partial charge in [-0.15, -0.1) is 11.3 Å². The number of nitrogen functional groups attached to an aromatic ring is 1. The van der Waals surface area contributed by atoms with E-state index in [-0.39, 0.29) is 5.91 Å². The molecule has 1 aliphatic rings. The maximum absolute atomic E-state index is 12.5. The Morgan fingerprint density at radius 3 is 2.78 bits per heavy atom. The molecule has 0 bridgehead atoms. The highest BCUT2D eigenvalue weighted by molar-refractivity contribution is 7.14. The zero-order valence-corrected chi connectivity index (χ0v) is 11.8. The first kappa shape index (κ1) is 13.4. The fourth-order valence-corrected chi connectivity index (χ4v) is 2.99. The molecule has 0 saturated carbocycles. The fraction of sp³-hybridized carbons (Fsp3) is 0.615. The molecule has 5 heteroatoms. The molecule has 100 valence electrons. The summed E-state index contributed by atoms with van der Waals surface area (Å²) >= 11 is 1.46. The summed E-state index contributed by atoms with van der Waals surface area (Å²) in [7, 11) is 0. The maximum Gasteiger partial charge on any atom is 0.257 e. The number of morpholine rings is 1. The molecule has 0 atom stereocenters. The number of thiophene rings is 1. The summed E-state index contributed by atoms with van der Waals surface area (Å²) in [4.78, 5) is 14.3. The third kappa shape index (κ3) is 2.84. The van der Waals surface area contributed by atoms with Crippen LogP contribution in [0.25, 0.3) is 0 Å². The Morgan fingerprint density at radius 1 is 1.50 bits per heavy atom. The second-order valence-corrected chi connectivity index (χ2v) is 5.91. The van der Waals surface area contributed by atoms with Crippen molar-refractivity contribution in [1.82, 2.24) is 4.90 Å². The first-order valence-corrected chi connectivity index (χ1v) is 7.20. The molecule has 2 N–H and O–H groups in total. The number of carbonyl (C=O) groups is 1. The number of hydrogen-bond donors (Lipinski definition) is 1. The monoisotopic (exact) mass is 268 g/mol. The minimum Gasteiger partial charge on any atom is -0.390 e. The molecule has 0 radical (unpaired) electrons. The predicted octanol–water partition coefficient (Wildman–Crippen LogP) is 2.00. The van der Waals surface area contributed by atoms with Crippen LogP contribution in [0.5, 0.6) is 0 Å². The van der Waals surface area contributed by atoms with E-state index in [1.807, 2.05) is 10.3 Å². The zero-order valence-electron chi connectivity index (χ0n) is 10.9. The van der Waals surface area contributed by atoms with Crippen molar-refractivity contribution >= 4 is 22.2 Å². The van der Waals surface area contributed by atoms with E-state index in [2.05, 4.69) is 13.8 Å². The number of nitrogens with two attached hydrogens (primary N) is 1. The largest absolute Gasteiger partial charge is 0.390 e. The van der Waals surface area contributed by atoms with E-state index in [9.17, 15) is 4.79 Å². The SMILES string of the molecule is CC(C)Cc1csc(N)c1C(=O)N1CCOCC1. The first-order chi connectivity index (χ1) is 8.59. The van der Waals surface area contributed by atoms with Gasteiger partial charge in [-0.05, 0) is 23.3 Å². The van der Waals surface area contributed by atoms with Gasteiger partial charge < -0.3 is 15.4 Å². The molecule has 0 spiro atoms. The van der Waals surface area contributed by atoms with Crippen molar-refractivity contribution in [2.75, 3.05) is 32.0 Å². The van der Waals surface area contributed by atoms with E-state index in [0.29, 0.717) is 37.2 Å². The first-order valence-electron chi connectivity index (χ1n) is 6.32. The highest BCUT2D eigenvalue weighted by Gasteiger charge is 2.24. The van der Waals surface area contributed by atoms with Gasteiger partial charge in [0.05, 0.1) is 23.8 Å². The number of hydrogen-bond acceptors (Lipinski definition) is 4. The lowest BCUT2D eigenvalue weighted by molar-refractivity contribution is 0.0303. The van der Waals surface area contributed by atoms with Gasteiger partial charge in [-0.25, -0.2) is 0 Å². The number of amides is 1.